The van der Waals surface area contributed by atoms with Crippen molar-refractivity contribution in [2.24, 2.45) is 23.7 Å². The van der Waals surface area contributed by atoms with Crippen LogP contribution in [0, 0.1) is 23.7 Å². The molecule has 0 aromatic rings. The lowest BCUT2D eigenvalue weighted by molar-refractivity contribution is -0.598. The third-order valence-electron chi connectivity index (χ3n) is 7.07. The van der Waals surface area contributed by atoms with Crippen LogP contribution < -0.4 is 0 Å². The Morgan fingerprint density at radius 1 is 1.14 bits per heavy atom. The van der Waals surface area contributed by atoms with Crippen LogP contribution in [0.2, 0.25) is 0 Å². The zero-order valence-electron chi connectivity index (χ0n) is 16.0. The number of alkyl halides is 3. The third-order valence-corrected chi connectivity index (χ3v) is 7.07. The molecule has 0 radical (unpaired) electrons. The first-order chi connectivity index (χ1) is 13.0. The normalized spacial score (nSPS) is 50.7. The molecule has 0 amide bonds. The highest BCUT2D eigenvalue weighted by molar-refractivity contribution is 5.68. The van der Waals surface area contributed by atoms with Crippen molar-refractivity contribution in [1.82, 2.24) is 0 Å². The van der Waals surface area contributed by atoms with Crippen LogP contribution in [-0.2, 0) is 28.8 Å². The summed E-state index contributed by atoms with van der Waals surface area (Å²) in [6, 6.07) is 0. The fourth-order valence-electron chi connectivity index (χ4n) is 5.66. The Labute approximate surface area is 160 Å². The van der Waals surface area contributed by atoms with Crippen LogP contribution in [0.1, 0.15) is 46.5 Å². The Bertz CT molecular complexity index is 658. The highest BCUT2D eigenvalue weighted by Gasteiger charge is 2.77. The molecule has 5 rings (SSSR count). The quantitative estimate of drug-likeness (QED) is 0.715. The van der Waals surface area contributed by atoms with E-state index in [0.717, 1.165) is 6.42 Å². The minimum Gasteiger partial charge on any atom is -0.480 e. The fraction of sp³-hybridized carbons (Fsp3) is 0.944. The predicted octanol–water partition coefficient (Wildman–Crippen LogP) is 3.23. The van der Waals surface area contributed by atoms with E-state index >= 15 is 0 Å². The average molecular weight is 410 g/mol. The second-order valence-electron chi connectivity index (χ2n) is 8.66. The van der Waals surface area contributed by atoms with Crippen molar-refractivity contribution in [2.45, 2.75) is 76.1 Å². The molecule has 0 aromatic carbocycles. The van der Waals surface area contributed by atoms with E-state index in [1.807, 2.05) is 6.92 Å². The van der Waals surface area contributed by atoms with Crippen LogP contribution in [0.5, 0.6) is 0 Å². The van der Waals surface area contributed by atoms with Gasteiger partial charge in [-0.15, -0.1) is 0 Å². The SMILES string of the molecule is C[C@@H]1CC[C@H]2[C@@H](C)[C@](OCC(=O)O)(C(F)(F)F)O[C@@H]3O[C@]4(C)CC[C@@H]1[C@]32OO4. The Balaban J connectivity index is 1.81. The average Bonchev–Trinajstić information content (AvgIpc) is 2.82. The van der Waals surface area contributed by atoms with Crippen LogP contribution in [-0.4, -0.2) is 47.3 Å². The van der Waals surface area contributed by atoms with Gasteiger partial charge in [0.25, 0.3) is 5.79 Å². The minimum atomic E-state index is -4.96. The molecule has 1 spiro atoms. The van der Waals surface area contributed by atoms with Gasteiger partial charge in [-0.25, -0.2) is 14.6 Å². The van der Waals surface area contributed by atoms with Crippen molar-refractivity contribution < 1.29 is 47.1 Å². The van der Waals surface area contributed by atoms with Gasteiger partial charge in [-0.05, 0) is 38.0 Å². The van der Waals surface area contributed by atoms with Crippen molar-refractivity contribution in [1.29, 1.82) is 0 Å². The molecule has 1 saturated carbocycles. The molecule has 5 fully saturated rings. The van der Waals surface area contributed by atoms with Gasteiger partial charge in [0.05, 0.1) is 0 Å². The van der Waals surface area contributed by atoms with E-state index in [2.05, 4.69) is 0 Å². The van der Waals surface area contributed by atoms with Crippen molar-refractivity contribution in [3.63, 3.8) is 0 Å². The van der Waals surface area contributed by atoms with Gasteiger partial charge in [0.2, 0.25) is 5.79 Å². The monoisotopic (exact) mass is 410 g/mol. The van der Waals surface area contributed by atoms with Crippen molar-refractivity contribution in [2.75, 3.05) is 6.61 Å². The Morgan fingerprint density at radius 3 is 2.50 bits per heavy atom. The zero-order chi connectivity index (χ0) is 20.5. The van der Waals surface area contributed by atoms with Gasteiger partial charge in [-0.1, -0.05) is 13.8 Å². The number of carboxylic acid groups (broad SMARTS) is 1. The first-order valence-corrected chi connectivity index (χ1v) is 9.60. The molecule has 10 heteroatoms. The molecule has 28 heavy (non-hydrogen) atoms. The van der Waals surface area contributed by atoms with E-state index in [9.17, 15) is 18.0 Å². The van der Waals surface area contributed by atoms with Gasteiger partial charge >= 0.3 is 12.1 Å². The molecular formula is C18H25F3O7. The summed E-state index contributed by atoms with van der Waals surface area (Å²) in [7, 11) is 0. The van der Waals surface area contributed by atoms with E-state index in [-0.39, 0.29) is 11.8 Å². The van der Waals surface area contributed by atoms with E-state index in [1.165, 1.54) is 6.92 Å². The molecular weight excluding hydrogens is 385 g/mol. The first kappa shape index (κ1) is 20.3. The van der Waals surface area contributed by atoms with Crippen molar-refractivity contribution >= 4 is 5.97 Å². The Morgan fingerprint density at radius 2 is 1.86 bits per heavy atom. The van der Waals surface area contributed by atoms with E-state index in [0.29, 0.717) is 19.3 Å². The molecule has 5 aliphatic rings. The summed E-state index contributed by atoms with van der Waals surface area (Å²) in [5, 5.41) is 8.92. The maximum atomic E-state index is 14.2. The largest absolute Gasteiger partial charge is 0.480 e. The third kappa shape index (κ3) is 2.64. The minimum absolute atomic E-state index is 0.103. The molecule has 1 aliphatic carbocycles. The zero-order valence-corrected chi connectivity index (χ0v) is 16.0. The summed E-state index contributed by atoms with van der Waals surface area (Å²) >= 11 is 0. The van der Waals surface area contributed by atoms with Crippen LogP contribution >= 0.6 is 0 Å². The van der Waals surface area contributed by atoms with Crippen LogP contribution in [0.3, 0.4) is 0 Å². The van der Waals surface area contributed by atoms with Crippen LogP contribution in [0.15, 0.2) is 0 Å². The predicted molar refractivity (Wildman–Crippen MR) is 85.4 cm³/mol. The number of rotatable bonds is 3. The fourth-order valence-corrected chi connectivity index (χ4v) is 5.66. The highest BCUT2D eigenvalue weighted by atomic mass is 19.4. The van der Waals surface area contributed by atoms with Crippen molar-refractivity contribution in [3.05, 3.63) is 0 Å². The second kappa shape index (κ2) is 6.28. The summed E-state index contributed by atoms with van der Waals surface area (Å²) < 4.78 is 59.0. The number of hydrogen-bond acceptors (Lipinski definition) is 6. The number of fused-ring (bicyclic) bond motifs is 2. The lowest BCUT2D eigenvalue weighted by Gasteiger charge is -2.62. The molecule has 7 nitrogen and oxygen atoms in total. The molecule has 8 atom stereocenters. The molecule has 4 aliphatic heterocycles. The summed E-state index contributed by atoms with van der Waals surface area (Å²) in [4.78, 5) is 22.3. The number of carbonyl (C=O) groups is 1. The van der Waals surface area contributed by atoms with Crippen LogP contribution in [0.25, 0.3) is 0 Å². The smallest absolute Gasteiger partial charge is 0.443 e. The lowest BCUT2D eigenvalue weighted by atomic mass is 9.57. The molecule has 1 N–H and O–H groups in total. The number of ether oxygens (including phenoxy) is 3. The van der Waals surface area contributed by atoms with E-state index < -0.39 is 54.1 Å². The topological polar surface area (TPSA) is 83.5 Å². The number of carboxylic acids is 1. The van der Waals surface area contributed by atoms with E-state index in [4.69, 9.17) is 29.1 Å². The summed E-state index contributed by atoms with van der Waals surface area (Å²) in [5.74, 6) is -7.60. The van der Waals surface area contributed by atoms with E-state index in [1.54, 1.807) is 6.92 Å². The van der Waals surface area contributed by atoms with Crippen LogP contribution in [0.4, 0.5) is 13.2 Å². The first-order valence-electron chi connectivity index (χ1n) is 9.60. The molecule has 4 saturated heterocycles. The van der Waals surface area contributed by atoms with Crippen molar-refractivity contribution in [3.8, 4) is 0 Å². The highest BCUT2D eigenvalue weighted by Crippen LogP contribution is 2.64. The lowest BCUT2D eigenvalue weighted by Crippen LogP contribution is -2.76. The summed E-state index contributed by atoms with van der Waals surface area (Å²) in [5.41, 5.74) is -1.19. The molecule has 4 heterocycles. The number of halogens is 3. The Hall–Kier alpha value is -0.940. The number of hydrogen-bond donors (Lipinski definition) is 1. The molecule has 0 unspecified atom stereocenters. The molecule has 2 bridgehead atoms. The summed E-state index contributed by atoms with van der Waals surface area (Å²) in [6.07, 6.45) is -4.04. The van der Waals surface area contributed by atoms with Gasteiger partial charge in [-0.3, -0.25) is 0 Å². The van der Waals surface area contributed by atoms with Gasteiger partial charge in [0, 0.05) is 18.3 Å². The van der Waals surface area contributed by atoms with Gasteiger partial charge in [0.1, 0.15) is 6.61 Å². The number of aliphatic carboxylic acids is 1. The van der Waals surface area contributed by atoms with Gasteiger partial charge in [-0.2, -0.15) is 13.2 Å². The standard InChI is InChI=1S/C18H25F3O7/c1-9-4-5-12-10(2)17(18(19,20)21,24-8-13(22)23)26-14-16(12)11(9)6-7-15(3,25-14)27-28-16/h9-12,14H,4-8H2,1-3H3,(H,22,23)/t9-,10-,11+,12+,14+,15+,16-,17-/m1/s1. The second-order valence-corrected chi connectivity index (χ2v) is 8.66. The maximum absolute atomic E-state index is 14.2. The van der Waals surface area contributed by atoms with Gasteiger partial charge in [0.15, 0.2) is 11.9 Å². The Kier molecular flexibility index (Phi) is 4.56. The summed E-state index contributed by atoms with van der Waals surface area (Å²) in [6.45, 7) is 3.89. The van der Waals surface area contributed by atoms with Gasteiger partial charge < -0.3 is 19.3 Å². The maximum Gasteiger partial charge on any atom is 0.443 e. The molecule has 0 aromatic heterocycles. The molecule has 160 valence electrons.